The monoisotopic (exact) mass is 243 g/mol. The second-order valence-electron chi connectivity index (χ2n) is 3.22. The molecule has 8 heteroatoms. The fourth-order valence-corrected chi connectivity index (χ4v) is 1.19. The molecule has 90 valence electrons. The Kier molecular flexibility index (Phi) is 2.80. The van der Waals surface area contributed by atoms with Gasteiger partial charge in [-0.3, -0.25) is 0 Å². The summed E-state index contributed by atoms with van der Waals surface area (Å²) in [5.74, 6) is 0.0588. The van der Waals surface area contributed by atoms with Crippen LogP contribution in [0.25, 0.3) is 5.95 Å². The summed E-state index contributed by atoms with van der Waals surface area (Å²) in [6, 6.07) is 1.58. The third-order valence-electron chi connectivity index (χ3n) is 2.02. The summed E-state index contributed by atoms with van der Waals surface area (Å²) in [5.41, 5.74) is 5.05. The normalized spacial score (nSPS) is 11.8. The number of nitrogens with zero attached hydrogens (tertiary/aromatic N) is 4. The molecule has 0 fully saturated rings. The van der Waals surface area contributed by atoms with Gasteiger partial charge in [-0.15, -0.1) is 0 Å². The van der Waals surface area contributed by atoms with Gasteiger partial charge in [0.25, 0.3) is 5.95 Å². The van der Waals surface area contributed by atoms with Gasteiger partial charge in [0.05, 0.1) is 17.5 Å². The molecule has 0 unspecified atom stereocenters. The molecule has 2 N–H and O–H groups in total. The number of alkyl halides is 3. The van der Waals surface area contributed by atoms with Crippen LogP contribution in [0.4, 0.5) is 13.2 Å². The number of rotatable bonds is 2. The van der Waals surface area contributed by atoms with E-state index in [1.54, 1.807) is 6.07 Å². The van der Waals surface area contributed by atoms with Crippen molar-refractivity contribution in [2.24, 2.45) is 5.73 Å². The minimum absolute atomic E-state index is 0.0588. The zero-order valence-corrected chi connectivity index (χ0v) is 8.52. The van der Waals surface area contributed by atoms with E-state index < -0.39 is 11.7 Å². The third kappa shape index (κ3) is 2.41. The van der Waals surface area contributed by atoms with Gasteiger partial charge in [0.1, 0.15) is 0 Å². The Morgan fingerprint density at radius 3 is 2.71 bits per heavy atom. The Morgan fingerprint density at radius 1 is 1.35 bits per heavy atom. The van der Waals surface area contributed by atoms with Crippen molar-refractivity contribution in [1.82, 2.24) is 19.7 Å². The molecule has 0 saturated heterocycles. The summed E-state index contributed by atoms with van der Waals surface area (Å²) in [4.78, 5) is 7.77. The molecule has 2 aromatic rings. The van der Waals surface area contributed by atoms with Crippen LogP contribution >= 0.6 is 0 Å². The lowest BCUT2D eigenvalue weighted by Crippen LogP contribution is -2.07. The minimum atomic E-state index is -4.43. The second-order valence-corrected chi connectivity index (χ2v) is 3.22. The first-order valence-corrected chi connectivity index (χ1v) is 4.65. The topological polar surface area (TPSA) is 69.6 Å². The largest absolute Gasteiger partial charge is 0.419 e. The molecule has 0 amide bonds. The number of nitrogens with two attached hydrogens (primary N) is 1. The molecule has 2 aromatic heterocycles. The van der Waals surface area contributed by atoms with Crippen LogP contribution in [0.15, 0.2) is 24.7 Å². The van der Waals surface area contributed by atoms with Crippen molar-refractivity contribution in [3.8, 4) is 5.95 Å². The molecule has 5 nitrogen and oxygen atoms in total. The fraction of sp³-hybridized carbons (Fsp3) is 0.222. The van der Waals surface area contributed by atoms with E-state index in [0.717, 1.165) is 17.1 Å². The number of halogens is 3. The third-order valence-corrected chi connectivity index (χ3v) is 2.02. The fourth-order valence-electron chi connectivity index (χ4n) is 1.19. The lowest BCUT2D eigenvalue weighted by molar-refractivity contribution is -0.137. The molecule has 0 aromatic carbocycles. The van der Waals surface area contributed by atoms with E-state index >= 15 is 0 Å². The zero-order valence-electron chi connectivity index (χ0n) is 8.52. The maximum Gasteiger partial charge on any atom is 0.419 e. The van der Waals surface area contributed by atoms with Gasteiger partial charge in [-0.1, -0.05) is 0 Å². The molecule has 0 radical (unpaired) electrons. The van der Waals surface area contributed by atoms with Gasteiger partial charge in [0.15, 0.2) is 0 Å². The summed E-state index contributed by atoms with van der Waals surface area (Å²) in [7, 11) is 0. The predicted molar refractivity (Wildman–Crippen MR) is 52.0 cm³/mol. The van der Waals surface area contributed by atoms with Crippen LogP contribution in [-0.4, -0.2) is 19.7 Å². The Hall–Kier alpha value is -1.96. The van der Waals surface area contributed by atoms with E-state index in [1.165, 1.54) is 6.20 Å². The quantitative estimate of drug-likeness (QED) is 0.858. The van der Waals surface area contributed by atoms with Crippen LogP contribution in [0.2, 0.25) is 0 Å². The van der Waals surface area contributed by atoms with Crippen molar-refractivity contribution >= 4 is 0 Å². The summed E-state index contributed by atoms with van der Waals surface area (Å²) >= 11 is 0. The van der Waals surface area contributed by atoms with Gasteiger partial charge in [0.2, 0.25) is 0 Å². The Bertz CT molecular complexity index is 519. The minimum Gasteiger partial charge on any atom is -0.325 e. The van der Waals surface area contributed by atoms with Gasteiger partial charge in [-0.2, -0.15) is 18.3 Å². The van der Waals surface area contributed by atoms with Crippen molar-refractivity contribution in [3.63, 3.8) is 0 Å². The molecular formula is C9H8F3N5. The lowest BCUT2D eigenvalue weighted by Gasteiger charge is -2.02. The molecule has 0 bridgehead atoms. The Morgan fingerprint density at radius 2 is 2.12 bits per heavy atom. The molecule has 0 aliphatic heterocycles. The van der Waals surface area contributed by atoms with Gasteiger partial charge in [-0.05, 0) is 6.07 Å². The Labute approximate surface area is 94.1 Å². The smallest absolute Gasteiger partial charge is 0.325 e. The highest BCUT2D eigenvalue weighted by Crippen LogP contribution is 2.28. The molecule has 0 aliphatic carbocycles. The van der Waals surface area contributed by atoms with Crippen LogP contribution in [0, 0.1) is 0 Å². The van der Waals surface area contributed by atoms with Gasteiger partial charge in [-0.25, -0.2) is 14.6 Å². The molecule has 0 spiro atoms. The average molecular weight is 243 g/mol. The van der Waals surface area contributed by atoms with E-state index in [-0.39, 0.29) is 12.5 Å². The van der Waals surface area contributed by atoms with Gasteiger partial charge >= 0.3 is 6.18 Å². The van der Waals surface area contributed by atoms with Crippen LogP contribution in [0.5, 0.6) is 0 Å². The summed E-state index contributed by atoms with van der Waals surface area (Å²) < 4.78 is 38.0. The van der Waals surface area contributed by atoms with Crippen LogP contribution in [-0.2, 0) is 12.7 Å². The molecule has 2 rings (SSSR count). The van der Waals surface area contributed by atoms with Crippen molar-refractivity contribution in [2.45, 2.75) is 12.7 Å². The van der Waals surface area contributed by atoms with Crippen LogP contribution in [0.3, 0.4) is 0 Å². The first-order valence-electron chi connectivity index (χ1n) is 4.65. The van der Waals surface area contributed by atoms with Crippen molar-refractivity contribution < 1.29 is 13.2 Å². The zero-order chi connectivity index (χ0) is 12.5. The first-order chi connectivity index (χ1) is 8.00. The van der Waals surface area contributed by atoms with Gasteiger partial charge in [0, 0.05) is 18.9 Å². The number of aromatic nitrogens is 4. The SMILES string of the molecule is NCc1ccnc(-n2cc(C(F)(F)F)cn2)n1. The van der Waals surface area contributed by atoms with Crippen molar-refractivity contribution in [3.05, 3.63) is 35.9 Å². The van der Waals surface area contributed by atoms with Gasteiger partial charge < -0.3 is 5.73 Å². The highest BCUT2D eigenvalue weighted by Gasteiger charge is 2.32. The van der Waals surface area contributed by atoms with Crippen molar-refractivity contribution in [2.75, 3.05) is 0 Å². The summed E-state index contributed by atoms with van der Waals surface area (Å²) in [5, 5.41) is 3.56. The summed E-state index contributed by atoms with van der Waals surface area (Å²) in [6.07, 6.45) is -1.46. The molecule has 17 heavy (non-hydrogen) atoms. The van der Waals surface area contributed by atoms with Crippen molar-refractivity contribution in [1.29, 1.82) is 0 Å². The number of hydrogen-bond donors (Lipinski definition) is 1. The molecule has 0 atom stereocenters. The molecular weight excluding hydrogens is 235 g/mol. The van der Waals surface area contributed by atoms with E-state index in [9.17, 15) is 13.2 Å². The molecule has 2 heterocycles. The summed E-state index contributed by atoms with van der Waals surface area (Å²) in [6.45, 7) is 0.183. The maximum atomic E-state index is 12.3. The maximum absolute atomic E-state index is 12.3. The van der Waals surface area contributed by atoms with E-state index in [4.69, 9.17) is 5.73 Å². The van der Waals surface area contributed by atoms with E-state index in [0.29, 0.717) is 5.69 Å². The number of hydrogen-bond acceptors (Lipinski definition) is 4. The highest BCUT2D eigenvalue weighted by atomic mass is 19.4. The van der Waals surface area contributed by atoms with Crippen LogP contribution < -0.4 is 5.73 Å². The average Bonchev–Trinajstić information content (AvgIpc) is 2.78. The Balaban J connectivity index is 2.37. The van der Waals surface area contributed by atoms with E-state index in [1.807, 2.05) is 0 Å². The standard InChI is InChI=1S/C9H8F3N5/c10-9(11,12)6-4-15-17(5-6)8-14-2-1-7(3-13)16-8/h1-2,4-5H,3,13H2. The second kappa shape index (κ2) is 4.13. The van der Waals surface area contributed by atoms with Crippen LogP contribution in [0.1, 0.15) is 11.3 Å². The van der Waals surface area contributed by atoms with E-state index in [2.05, 4.69) is 15.1 Å². The predicted octanol–water partition coefficient (Wildman–Crippen LogP) is 1.14. The molecule has 0 saturated carbocycles. The lowest BCUT2D eigenvalue weighted by atomic mass is 10.4. The molecule has 0 aliphatic rings. The first kappa shape index (κ1) is 11.5. The highest BCUT2D eigenvalue weighted by molar-refractivity contribution is 5.18.